The second-order valence-corrected chi connectivity index (χ2v) is 2.97. The third kappa shape index (κ3) is 1.55. The van der Waals surface area contributed by atoms with Crippen molar-refractivity contribution in [3.63, 3.8) is 0 Å². The van der Waals surface area contributed by atoms with Gasteiger partial charge in [0.1, 0.15) is 12.4 Å². The van der Waals surface area contributed by atoms with Crippen LogP contribution < -0.4 is 4.74 Å². The Kier molecular flexibility index (Phi) is 2.38. The Bertz CT molecular complexity index is 475. The quantitative estimate of drug-likeness (QED) is 0.649. The van der Waals surface area contributed by atoms with Crippen molar-refractivity contribution in [1.29, 1.82) is 0 Å². The van der Waals surface area contributed by atoms with Crippen LogP contribution in [0.15, 0.2) is 42.5 Å². The summed E-state index contributed by atoms with van der Waals surface area (Å²) in [7, 11) is 0. The van der Waals surface area contributed by atoms with Crippen LogP contribution in [0.2, 0.25) is 0 Å². The molecule has 0 saturated carbocycles. The van der Waals surface area contributed by atoms with Gasteiger partial charge in [-0.05, 0) is 11.5 Å². The maximum atomic E-state index is 5.43. The third-order valence-corrected chi connectivity index (χ3v) is 2.06. The molecule has 0 saturated heterocycles. The van der Waals surface area contributed by atoms with Crippen molar-refractivity contribution < 1.29 is 4.74 Å². The molecular weight excluding hydrogens is 172 g/mol. The normalized spacial score (nSPS) is 9.64. The zero-order valence-corrected chi connectivity index (χ0v) is 7.73. The first-order valence-electron chi connectivity index (χ1n) is 4.46. The number of hydrogen-bond acceptors (Lipinski definition) is 1. The zero-order chi connectivity index (χ0) is 9.80. The predicted molar refractivity (Wildman–Crippen MR) is 58.3 cm³/mol. The molecule has 0 aliphatic heterocycles. The molecule has 68 valence electrons. The van der Waals surface area contributed by atoms with Crippen LogP contribution in [-0.4, -0.2) is 6.61 Å². The van der Waals surface area contributed by atoms with Crippen molar-refractivity contribution in [1.82, 2.24) is 0 Å². The fourth-order valence-electron chi connectivity index (χ4n) is 1.44. The molecule has 0 aliphatic rings. The van der Waals surface area contributed by atoms with Crippen molar-refractivity contribution in [2.75, 3.05) is 6.61 Å². The highest BCUT2D eigenvalue weighted by Gasteiger charge is 1.98. The molecule has 0 unspecified atom stereocenters. The minimum absolute atomic E-state index is 0.313. The fraction of sp³-hybridized carbons (Fsp3) is 0.0769. The molecule has 0 radical (unpaired) electrons. The van der Waals surface area contributed by atoms with E-state index >= 15 is 0 Å². The number of hydrogen-bond donors (Lipinski definition) is 0. The van der Waals surface area contributed by atoms with Crippen molar-refractivity contribution in [3.8, 4) is 18.1 Å². The lowest BCUT2D eigenvalue weighted by molar-refractivity contribution is 0.375. The Labute approximate surface area is 83.3 Å². The summed E-state index contributed by atoms with van der Waals surface area (Å²) in [5.74, 6) is 3.31. The van der Waals surface area contributed by atoms with Gasteiger partial charge in [-0.25, -0.2) is 0 Å². The minimum atomic E-state index is 0.313. The van der Waals surface area contributed by atoms with Crippen molar-refractivity contribution in [2.24, 2.45) is 0 Å². The van der Waals surface area contributed by atoms with E-state index in [0.29, 0.717) is 6.61 Å². The smallest absolute Gasteiger partial charge is 0.148 e. The van der Waals surface area contributed by atoms with E-state index in [4.69, 9.17) is 11.2 Å². The van der Waals surface area contributed by atoms with Gasteiger partial charge < -0.3 is 4.74 Å². The molecule has 0 bridgehead atoms. The molecule has 2 rings (SSSR count). The van der Waals surface area contributed by atoms with Crippen LogP contribution in [0.4, 0.5) is 0 Å². The maximum absolute atomic E-state index is 5.43. The van der Waals surface area contributed by atoms with E-state index in [1.165, 1.54) is 5.39 Å². The van der Waals surface area contributed by atoms with E-state index in [0.717, 1.165) is 11.1 Å². The van der Waals surface area contributed by atoms with Crippen LogP contribution >= 0.6 is 0 Å². The first-order chi connectivity index (χ1) is 6.92. The average molecular weight is 182 g/mol. The van der Waals surface area contributed by atoms with E-state index in [1.807, 2.05) is 30.3 Å². The molecule has 2 aromatic carbocycles. The van der Waals surface area contributed by atoms with Crippen LogP contribution in [0, 0.1) is 12.3 Å². The molecule has 0 fully saturated rings. The highest BCUT2D eigenvalue weighted by molar-refractivity contribution is 5.88. The second-order valence-electron chi connectivity index (χ2n) is 2.97. The summed E-state index contributed by atoms with van der Waals surface area (Å²) >= 11 is 0. The summed E-state index contributed by atoms with van der Waals surface area (Å²) in [4.78, 5) is 0. The van der Waals surface area contributed by atoms with E-state index < -0.39 is 0 Å². The van der Waals surface area contributed by atoms with Gasteiger partial charge in [-0.1, -0.05) is 42.3 Å². The standard InChI is InChI=1S/C13H10O/c1-2-10-14-13-9-5-7-11-6-3-4-8-12(11)13/h1,3-9H,10H2. The molecule has 0 amide bonds. The average Bonchev–Trinajstić information content (AvgIpc) is 2.26. The molecule has 0 aliphatic carbocycles. The molecule has 1 nitrogen and oxygen atoms in total. The maximum Gasteiger partial charge on any atom is 0.148 e. The number of fused-ring (bicyclic) bond motifs is 1. The Balaban J connectivity index is 2.49. The zero-order valence-electron chi connectivity index (χ0n) is 7.73. The third-order valence-electron chi connectivity index (χ3n) is 2.06. The Morgan fingerprint density at radius 1 is 1.07 bits per heavy atom. The summed E-state index contributed by atoms with van der Waals surface area (Å²) in [6.45, 7) is 0.313. The van der Waals surface area contributed by atoms with Gasteiger partial charge in [-0.2, -0.15) is 0 Å². The summed E-state index contributed by atoms with van der Waals surface area (Å²) in [6.07, 6.45) is 5.15. The molecular formula is C13H10O. The minimum Gasteiger partial charge on any atom is -0.480 e. The predicted octanol–water partition coefficient (Wildman–Crippen LogP) is 2.85. The number of ether oxygens (including phenoxy) is 1. The van der Waals surface area contributed by atoms with Gasteiger partial charge >= 0.3 is 0 Å². The molecule has 0 atom stereocenters. The van der Waals surface area contributed by atoms with Crippen molar-refractivity contribution in [3.05, 3.63) is 42.5 Å². The number of benzene rings is 2. The number of terminal acetylenes is 1. The van der Waals surface area contributed by atoms with E-state index in [-0.39, 0.29) is 0 Å². The summed E-state index contributed by atoms with van der Waals surface area (Å²) < 4.78 is 5.43. The van der Waals surface area contributed by atoms with Crippen LogP contribution in [0.25, 0.3) is 10.8 Å². The van der Waals surface area contributed by atoms with Crippen LogP contribution in [-0.2, 0) is 0 Å². The molecule has 2 aromatic rings. The van der Waals surface area contributed by atoms with Gasteiger partial charge in [0.2, 0.25) is 0 Å². The van der Waals surface area contributed by atoms with E-state index in [1.54, 1.807) is 0 Å². The summed E-state index contributed by atoms with van der Waals surface area (Å²) in [5, 5.41) is 2.27. The molecule has 0 heterocycles. The number of rotatable bonds is 2. The molecule has 0 aromatic heterocycles. The largest absolute Gasteiger partial charge is 0.480 e. The Morgan fingerprint density at radius 2 is 1.86 bits per heavy atom. The van der Waals surface area contributed by atoms with Gasteiger partial charge in [-0.15, -0.1) is 6.42 Å². The Morgan fingerprint density at radius 3 is 2.71 bits per heavy atom. The van der Waals surface area contributed by atoms with Gasteiger partial charge in [0.25, 0.3) is 0 Å². The molecule has 0 N–H and O–H groups in total. The lowest BCUT2D eigenvalue weighted by Gasteiger charge is -2.05. The van der Waals surface area contributed by atoms with Crippen LogP contribution in [0.5, 0.6) is 5.75 Å². The highest BCUT2D eigenvalue weighted by Crippen LogP contribution is 2.24. The highest BCUT2D eigenvalue weighted by atomic mass is 16.5. The van der Waals surface area contributed by atoms with E-state index in [2.05, 4.69) is 18.1 Å². The first kappa shape index (κ1) is 8.65. The molecule has 14 heavy (non-hydrogen) atoms. The van der Waals surface area contributed by atoms with Crippen molar-refractivity contribution in [2.45, 2.75) is 0 Å². The van der Waals surface area contributed by atoms with Gasteiger partial charge in [0, 0.05) is 5.39 Å². The topological polar surface area (TPSA) is 9.23 Å². The first-order valence-corrected chi connectivity index (χ1v) is 4.46. The molecule has 0 spiro atoms. The Hall–Kier alpha value is -1.94. The van der Waals surface area contributed by atoms with Gasteiger partial charge in [-0.3, -0.25) is 0 Å². The van der Waals surface area contributed by atoms with Crippen LogP contribution in [0.1, 0.15) is 0 Å². The van der Waals surface area contributed by atoms with Gasteiger partial charge in [0.05, 0.1) is 0 Å². The van der Waals surface area contributed by atoms with Crippen molar-refractivity contribution >= 4 is 10.8 Å². The summed E-state index contributed by atoms with van der Waals surface area (Å²) in [6, 6.07) is 14.0. The second kappa shape index (κ2) is 3.85. The van der Waals surface area contributed by atoms with E-state index in [9.17, 15) is 0 Å². The fourth-order valence-corrected chi connectivity index (χ4v) is 1.44. The monoisotopic (exact) mass is 182 g/mol. The molecule has 1 heteroatoms. The van der Waals surface area contributed by atoms with Crippen LogP contribution in [0.3, 0.4) is 0 Å². The van der Waals surface area contributed by atoms with Gasteiger partial charge in [0.15, 0.2) is 0 Å². The lowest BCUT2D eigenvalue weighted by Crippen LogP contribution is -1.93. The summed E-state index contributed by atoms with van der Waals surface area (Å²) in [5.41, 5.74) is 0. The lowest BCUT2D eigenvalue weighted by atomic mass is 10.1. The SMILES string of the molecule is C#CCOc1cccc2ccccc12.